The van der Waals surface area contributed by atoms with Gasteiger partial charge in [-0.05, 0) is 72.7 Å². The second kappa shape index (κ2) is 9.19. The van der Waals surface area contributed by atoms with E-state index in [2.05, 4.69) is 15.9 Å². The predicted octanol–water partition coefficient (Wildman–Crippen LogP) is 7.40. The first-order valence-electron chi connectivity index (χ1n) is 10.8. The van der Waals surface area contributed by atoms with Gasteiger partial charge in [0.25, 0.3) is 11.6 Å². The Hall–Kier alpha value is -4.23. The zero-order valence-electron chi connectivity index (χ0n) is 18.6. The van der Waals surface area contributed by atoms with E-state index in [1.54, 1.807) is 35.2 Å². The number of hydrogen-bond acceptors (Lipinski definition) is 4. The zero-order valence-corrected chi connectivity index (χ0v) is 20.2. The Bertz CT molecular complexity index is 1500. The Kier molecular flexibility index (Phi) is 5.93. The third kappa shape index (κ3) is 4.46. The maximum absolute atomic E-state index is 13.6. The average molecular weight is 527 g/mol. The van der Waals surface area contributed by atoms with Crippen molar-refractivity contribution in [2.75, 3.05) is 4.90 Å². The van der Waals surface area contributed by atoms with Gasteiger partial charge in [-0.25, -0.2) is 0 Å². The number of nitrogens with zero attached hydrogens (tertiary/aromatic N) is 2. The van der Waals surface area contributed by atoms with Crippen LogP contribution in [-0.2, 0) is 4.79 Å². The van der Waals surface area contributed by atoms with E-state index in [0.29, 0.717) is 22.7 Å². The van der Waals surface area contributed by atoms with Crippen LogP contribution < -0.4 is 4.90 Å². The largest absolute Gasteiger partial charge is 0.457 e. The van der Waals surface area contributed by atoms with E-state index in [1.165, 1.54) is 12.1 Å². The average Bonchev–Trinajstić information content (AvgIpc) is 3.45. The van der Waals surface area contributed by atoms with Crippen molar-refractivity contribution < 1.29 is 14.1 Å². The highest BCUT2D eigenvalue weighted by molar-refractivity contribution is 9.10. The summed E-state index contributed by atoms with van der Waals surface area (Å²) in [6.07, 6.45) is 3.58. The normalized spacial score (nSPS) is 14.5. The number of nitro groups is 1. The van der Waals surface area contributed by atoms with Crippen LogP contribution in [0.3, 0.4) is 0 Å². The van der Waals surface area contributed by atoms with Crippen LogP contribution in [0.25, 0.3) is 23.1 Å². The van der Waals surface area contributed by atoms with Crippen molar-refractivity contribution in [3.63, 3.8) is 0 Å². The smallest absolute Gasteiger partial charge is 0.269 e. The van der Waals surface area contributed by atoms with Gasteiger partial charge in [-0.15, -0.1) is 0 Å². The highest BCUT2D eigenvalue weighted by Crippen LogP contribution is 2.38. The topological polar surface area (TPSA) is 76.6 Å². The summed E-state index contributed by atoms with van der Waals surface area (Å²) in [5.41, 5.74) is 4.71. The molecular formula is C28H19BrN2O4. The molecule has 3 aromatic carbocycles. The van der Waals surface area contributed by atoms with Crippen LogP contribution in [0.2, 0.25) is 0 Å². The Morgan fingerprint density at radius 1 is 0.943 bits per heavy atom. The second-order valence-corrected chi connectivity index (χ2v) is 8.99. The van der Waals surface area contributed by atoms with Crippen molar-refractivity contribution in [3.05, 3.63) is 128 Å². The fourth-order valence-corrected chi connectivity index (χ4v) is 4.51. The molecule has 1 aliphatic rings. The van der Waals surface area contributed by atoms with E-state index in [0.717, 1.165) is 27.0 Å². The first-order chi connectivity index (χ1) is 16.9. The van der Waals surface area contributed by atoms with Crippen molar-refractivity contribution in [3.8, 4) is 11.3 Å². The molecule has 0 aliphatic carbocycles. The van der Waals surface area contributed by atoms with Gasteiger partial charge < -0.3 is 4.42 Å². The molecule has 0 fully saturated rings. The van der Waals surface area contributed by atoms with Gasteiger partial charge in [-0.1, -0.05) is 46.3 Å². The van der Waals surface area contributed by atoms with Gasteiger partial charge >= 0.3 is 0 Å². The molecule has 5 rings (SSSR count). The summed E-state index contributed by atoms with van der Waals surface area (Å²) in [7, 11) is 0. The molecule has 2 heterocycles. The van der Waals surface area contributed by atoms with Crippen LogP contribution >= 0.6 is 15.9 Å². The van der Waals surface area contributed by atoms with Gasteiger partial charge in [0, 0.05) is 27.7 Å². The van der Waals surface area contributed by atoms with Crippen molar-refractivity contribution >= 4 is 45.0 Å². The van der Waals surface area contributed by atoms with Crippen molar-refractivity contribution in [2.45, 2.75) is 6.92 Å². The molecule has 0 spiro atoms. The third-order valence-corrected chi connectivity index (χ3v) is 6.23. The zero-order chi connectivity index (χ0) is 24.5. The summed E-state index contributed by atoms with van der Waals surface area (Å²) >= 11 is 3.49. The molecule has 0 saturated carbocycles. The lowest BCUT2D eigenvalue weighted by Gasteiger charge is -2.23. The lowest BCUT2D eigenvalue weighted by Crippen LogP contribution is -2.25. The van der Waals surface area contributed by atoms with Crippen LogP contribution in [-0.4, -0.2) is 10.8 Å². The molecule has 1 aromatic heterocycles. The molecule has 0 N–H and O–H groups in total. The monoisotopic (exact) mass is 526 g/mol. The minimum Gasteiger partial charge on any atom is -0.457 e. The number of carbonyl (C=O) groups is 1. The molecule has 0 radical (unpaired) electrons. The van der Waals surface area contributed by atoms with Crippen LogP contribution in [0.1, 0.15) is 16.9 Å². The summed E-state index contributed by atoms with van der Waals surface area (Å²) in [4.78, 5) is 25.8. The quantitative estimate of drug-likeness (QED) is 0.154. The van der Waals surface area contributed by atoms with E-state index >= 15 is 0 Å². The molecule has 6 nitrogen and oxygen atoms in total. The van der Waals surface area contributed by atoms with Gasteiger partial charge in [0.15, 0.2) is 0 Å². The molecule has 0 unspecified atom stereocenters. The van der Waals surface area contributed by atoms with Crippen molar-refractivity contribution in [1.29, 1.82) is 0 Å². The molecule has 35 heavy (non-hydrogen) atoms. The van der Waals surface area contributed by atoms with E-state index < -0.39 is 4.92 Å². The van der Waals surface area contributed by atoms with Crippen LogP contribution in [0.5, 0.6) is 0 Å². The standard InChI is InChI=1S/C28H19BrN2O4/c1-18-15-22(29)9-13-25(18)30-26(19-5-3-2-4-6-19)17-21(28(30)32)16-24-12-14-27(35-24)20-7-10-23(11-8-20)31(33)34/h2-17H,1H3. The molecule has 172 valence electrons. The van der Waals surface area contributed by atoms with Gasteiger partial charge in [0.1, 0.15) is 11.5 Å². The maximum atomic E-state index is 13.6. The van der Waals surface area contributed by atoms with Crippen molar-refractivity contribution in [1.82, 2.24) is 0 Å². The molecular weight excluding hydrogens is 508 g/mol. The molecule has 0 atom stereocenters. The van der Waals surface area contributed by atoms with E-state index in [1.807, 2.05) is 61.5 Å². The van der Waals surface area contributed by atoms with Crippen LogP contribution in [0, 0.1) is 17.0 Å². The number of anilines is 1. The summed E-state index contributed by atoms with van der Waals surface area (Å²) in [6, 6.07) is 25.3. The molecule has 0 bridgehead atoms. The third-order valence-electron chi connectivity index (χ3n) is 5.74. The fraction of sp³-hybridized carbons (Fsp3) is 0.0357. The lowest BCUT2D eigenvalue weighted by atomic mass is 10.1. The summed E-state index contributed by atoms with van der Waals surface area (Å²) in [5.74, 6) is 0.923. The van der Waals surface area contributed by atoms with Gasteiger partial charge in [0.05, 0.1) is 16.3 Å². The number of nitro benzene ring substituents is 1. The van der Waals surface area contributed by atoms with Crippen molar-refractivity contribution in [2.24, 2.45) is 0 Å². The summed E-state index contributed by atoms with van der Waals surface area (Å²) in [5, 5.41) is 10.9. The number of rotatable bonds is 5. The van der Waals surface area contributed by atoms with Crippen LogP contribution in [0.15, 0.2) is 105 Å². The number of benzene rings is 3. The maximum Gasteiger partial charge on any atom is 0.269 e. The lowest BCUT2D eigenvalue weighted by molar-refractivity contribution is -0.384. The van der Waals surface area contributed by atoms with Gasteiger partial charge in [-0.2, -0.15) is 0 Å². The van der Waals surface area contributed by atoms with E-state index in [-0.39, 0.29) is 11.6 Å². The Morgan fingerprint density at radius 3 is 2.37 bits per heavy atom. The highest BCUT2D eigenvalue weighted by atomic mass is 79.9. The van der Waals surface area contributed by atoms with Gasteiger partial charge in [0.2, 0.25) is 0 Å². The molecule has 1 amide bonds. The molecule has 4 aromatic rings. The first kappa shape index (κ1) is 22.6. The minimum absolute atomic E-state index is 0.0149. The number of aryl methyl sites for hydroxylation is 1. The van der Waals surface area contributed by atoms with E-state index in [9.17, 15) is 14.9 Å². The number of halogens is 1. The van der Waals surface area contributed by atoms with E-state index in [4.69, 9.17) is 4.42 Å². The molecule has 1 aliphatic heterocycles. The second-order valence-electron chi connectivity index (χ2n) is 8.07. The predicted molar refractivity (Wildman–Crippen MR) is 140 cm³/mol. The summed E-state index contributed by atoms with van der Waals surface area (Å²) < 4.78 is 6.89. The minimum atomic E-state index is -0.441. The summed E-state index contributed by atoms with van der Waals surface area (Å²) in [6.45, 7) is 1.97. The highest BCUT2D eigenvalue weighted by Gasteiger charge is 2.31. The molecule has 7 heteroatoms. The Balaban J connectivity index is 1.52. The number of amides is 1. The number of non-ortho nitro benzene ring substituents is 1. The fourth-order valence-electron chi connectivity index (χ4n) is 4.03. The van der Waals surface area contributed by atoms with Gasteiger partial charge in [-0.3, -0.25) is 19.8 Å². The number of furan rings is 1. The Morgan fingerprint density at radius 2 is 1.69 bits per heavy atom. The number of hydrogen-bond donors (Lipinski definition) is 0. The molecule has 0 saturated heterocycles. The van der Waals surface area contributed by atoms with Crippen LogP contribution in [0.4, 0.5) is 11.4 Å². The first-order valence-corrected chi connectivity index (χ1v) is 11.6. The Labute approximate surface area is 210 Å². The number of carbonyl (C=O) groups excluding carboxylic acids is 1. The SMILES string of the molecule is Cc1cc(Br)ccc1N1C(=O)C(=Cc2ccc(-c3ccc([N+](=O)[O-])cc3)o2)C=C1c1ccccc1.